The van der Waals surface area contributed by atoms with Gasteiger partial charge in [-0.25, -0.2) is 4.79 Å². The SMILES string of the molecule is CC(C1CC1)C1CCN(C(=O)[C@@H](Cc2cc(Cl)c(N)c(C(F)(F)F)c2)OC(=O)N2CCC3(CC2)CC(=O)Nc2ccccc23)CC1. The lowest BCUT2D eigenvalue weighted by atomic mass is 9.68. The summed E-state index contributed by atoms with van der Waals surface area (Å²) in [4.78, 5) is 43.2. The molecule has 3 aliphatic heterocycles. The van der Waals surface area contributed by atoms with Crippen LogP contribution in [0.2, 0.25) is 5.02 Å². The first-order valence-corrected chi connectivity index (χ1v) is 16.5. The molecule has 0 radical (unpaired) electrons. The minimum atomic E-state index is -4.75. The molecule has 8 nitrogen and oxygen atoms in total. The van der Waals surface area contributed by atoms with Crippen LogP contribution in [0.3, 0.4) is 0 Å². The number of hydrogen-bond acceptors (Lipinski definition) is 5. The normalized spacial score (nSPS) is 21.4. The fourth-order valence-corrected chi connectivity index (χ4v) is 7.93. The average Bonchev–Trinajstić information content (AvgIpc) is 3.87. The lowest BCUT2D eigenvalue weighted by Crippen LogP contribution is -2.51. The second-order valence-electron chi connectivity index (χ2n) is 13.5. The fraction of sp³-hybridized carbons (Fsp3) is 0.559. The van der Waals surface area contributed by atoms with E-state index in [4.69, 9.17) is 22.1 Å². The molecule has 1 saturated carbocycles. The molecular formula is C34H40ClF3N4O4. The summed E-state index contributed by atoms with van der Waals surface area (Å²) in [7, 11) is 0. The highest BCUT2D eigenvalue weighted by atomic mass is 35.5. The van der Waals surface area contributed by atoms with E-state index in [9.17, 15) is 27.6 Å². The molecule has 248 valence electrons. The van der Waals surface area contributed by atoms with Crippen LogP contribution in [0.1, 0.15) is 68.6 Å². The number of fused-ring (bicyclic) bond motifs is 2. The lowest BCUT2D eigenvalue weighted by molar-refractivity contribution is -0.142. The summed E-state index contributed by atoms with van der Waals surface area (Å²) < 4.78 is 47.1. The highest BCUT2D eigenvalue weighted by Crippen LogP contribution is 2.46. The number of nitrogen functional groups attached to an aromatic ring is 1. The summed E-state index contributed by atoms with van der Waals surface area (Å²) >= 11 is 6.09. The molecule has 1 spiro atoms. The molecule has 6 rings (SSSR count). The number of anilines is 2. The Labute approximate surface area is 271 Å². The van der Waals surface area contributed by atoms with Crippen LogP contribution in [0.4, 0.5) is 29.3 Å². The summed E-state index contributed by atoms with van der Waals surface area (Å²) in [6.45, 7) is 3.88. The van der Waals surface area contributed by atoms with Crippen LogP contribution in [-0.2, 0) is 32.3 Å². The van der Waals surface area contributed by atoms with Crippen molar-refractivity contribution in [2.24, 2.45) is 17.8 Å². The molecule has 3 amide bonds. The number of likely N-dealkylation sites (tertiary alicyclic amines) is 2. The van der Waals surface area contributed by atoms with Crippen LogP contribution in [-0.4, -0.2) is 60.0 Å². The first kappa shape index (κ1) is 32.5. The Morgan fingerprint density at radius 1 is 1.04 bits per heavy atom. The van der Waals surface area contributed by atoms with Gasteiger partial charge in [0.25, 0.3) is 5.91 Å². The van der Waals surface area contributed by atoms with Gasteiger partial charge in [0.1, 0.15) is 0 Å². The molecule has 2 atom stereocenters. The number of nitrogens with two attached hydrogens (primary N) is 1. The molecule has 2 saturated heterocycles. The number of alkyl halides is 3. The Morgan fingerprint density at radius 3 is 2.35 bits per heavy atom. The van der Waals surface area contributed by atoms with Gasteiger partial charge in [-0.1, -0.05) is 36.7 Å². The van der Waals surface area contributed by atoms with E-state index in [1.54, 1.807) is 4.90 Å². The smallest absolute Gasteiger partial charge is 0.418 e. The number of benzene rings is 2. The van der Waals surface area contributed by atoms with Crippen molar-refractivity contribution in [2.75, 3.05) is 37.2 Å². The van der Waals surface area contributed by atoms with Gasteiger partial charge in [0.2, 0.25) is 5.91 Å². The Kier molecular flexibility index (Phi) is 8.91. The fourth-order valence-electron chi connectivity index (χ4n) is 7.69. The standard InChI is InChI=1S/C34H40ClF3N4O4/c1-20(22-6-7-22)23-8-12-41(13-9-23)31(44)28(18-21-16-25(34(36,37)38)30(39)26(35)17-21)46-32(45)42-14-10-33(11-15-42)19-29(43)40-27-5-3-2-4-24(27)33/h2-5,16-17,20,22-23,28H,6-15,18-19,39H2,1H3,(H,40,43)/t20?,28-/m1/s1. The number of piperidine rings is 2. The van der Waals surface area contributed by atoms with E-state index in [2.05, 4.69) is 12.2 Å². The third-order valence-corrected chi connectivity index (χ3v) is 11.0. The molecule has 12 heteroatoms. The van der Waals surface area contributed by atoms with Crippen molar-refractivity contribution < 1.29 is 32.3 Å². The minimum Gasteiger partial charge on any atom is -0.436 e. The molecule has 3 heterocycles. The van der Waals surface area contributed by atoms with Gasteiger partial charge in [-0.2, -0.15) is 13.2 Å². The first-order chi connectivity index (χ1) is 21.8. The van der Waals surface area contributed by atoms with Gasteiger partial charge in [0.05, 0.1) is 16.3 Å². The zero-order chi connectivity index (χ0) is 32.8. The molecule has 1 unspecified atom stereocenters. The van der Waals surface area contributed by atoms with Gasteiger partial charge in [0.15, 0.2) is 6.10 Å². The molecule has 1 aliphatic carbocycles. The number of nitrogens with one attached hydrogen (secondary N) is 1. The van der Waals surface area contributed by atoms with Crippen LogP contribution in [0.15, 0.2) is 36.4 Å². The quantitative estimate of drug-likeness (QED) is 0.338. The van der Waals surface area contributed by atoms with E-state index < -0.39 is 40.9 Å². The van der Waals surface area contributed by atoms with Crippen molar-refractivity contribution >= 4 is 40.9 Å². The van der Waals surface area contributed by atoms with E-state index in [0.717, 1.165) is 36.1 Å². The molecular weight excluding hydrogens is 621 g/mol. The van der Waals surface area contributed by atoms with Crippen molar-refractivity contribution in [3.63, 3.8) is 0 Å². The van der Waals surface area contributed by atoms with Crippen LogP contribution >= 0.6 is 11.6 Å². The monoisotopic (exact) mass is 660 g/mol. The number of hydrogen-bond donors (Lipinski definition) is 2. The highest BCUT2D eigenvalue weighted by Gasteiger charge is 2.44. The summed E-state index contributed by atoms with van der Waals surface area (Å²) in [5.74, 6) is 1.35. The van der Waals surface area contributed by atoms with Crippen molar-refractivity contribution in [1.82, 2.24) is 9.80 Å². The number of halogens is 4. The van der Waals surface area contributed by atoms with Crippen molar-refractivity contribution in [2.45, 2.75) is 76.0 Å². The molecule has 0 aromatic heterocycles. The Bertz CT molecular complexity index is 1500. The van der Waals surface area contributed by atoms with Crippen LogP contribution < -0.4 is 11.1 Å². The van der Waals surface area contributed by atoms with Crippen molar-refractivity contribution in [3.8, 4) is 0 Å². The van der Waals surface area contributed by atoms with Gasteiger partial charge in [0, 0.05) is 50.1 Å². The zero-order valence-corrected chi connectivity index (χ0v) is 26.6. The predicted molar refractivity (Wildman–Crippen MR) is 168 cm³/mol. The van der Waals surface area contributed by atoms with Gasteiger partial charge in [-0.15, -0.1) is 0 Å². The summed E-state index contributed by atoms with van der Waals surface area (Å²) in [6.07, 6.45) is -1.56. The average molecular weight is 661 g/mol. The number of amides is 3. The molecule has 46 heavy (non-hydrogen) atoms. The molecule has 4 aliphatic rings. The second-order valence-corrected chi connectivity index (χ2v) is 13.9. The van der Waals surface area contributed by atoms with Gasteiger partial charge >= 0.3 is 12.3 Å². The Morgan fingerprint density at radius 2 is 1.70 bits per heavy atom. The van der Waals surface area contributed by atoms with E-state index in [0.29, 0.717) is 57.3 Å². The summed E-state index contributed by atoms with van der Waals surface area (Å²) in [5, 5.41) is 2.64. The van der Waals surface area contributed by atoms with E-state index in [1.807, 2.05) is 24.3 Å². The lowest BCUT2D eigenvalue weighted by Gasteiger charge is -2.44. The molecule has 2 aromatic rings. The van der Waals surface area contributed by atoms with Gasteiger partial charge < -0.3 is 25.6 Å². The van der Waals surface area contributed by atoms with E-state index in [1.165, 1.54) is 23.8 Å². The first-order valence-electron chi connectivity index (χ1n) is 16.1. The maximum absolute atomic E-state index is 13.9. The predicted octanol–water partition coefficient (Wildman–Crippen LogP) is 6.65. The zero-order valence-electron chi connectivity index (χ0n) is 25.9. The minimum absolute atomic E-state index is 0.0731. The summed E-state index contributed by atoms with van der Waals surface area (Å²) in [6, 6.07) is 9.82. The number of ether oxygens (including phenoxy) is 1. The number of para-hydroxylation sites is 1. The van der Waals surface area contributed by atoms with E-state index in [-0.39, 0.29) is 22.9 Å². The molecule has 2 aromatic carbocycles. The molecule has 3 fully saturated rings. The van der Waals surface area contributed by atoms with Crippen LogP contribution in [0.5, 0.6) is 0 Å². The summed E-state index contributed by atoms with van der Waals surface area (Å²) in [5.41, 5.74) is 5.44. The highest BCUT2D eigenvalue weighted by molar-refractivity contribution is 6.33. The second kappa shape index (κ2) is 12.6. The van der Waals surface area contributed by atoms with Gasteiger partial charge in [-0.3, -0.25) is 9.59 Å². The third-order valence-electron chi connectivity index (χ3n) is 10.6. The number of carbonyl (C=O) groups excluding carboxylic acids is 3. The third kappa shape index (κ3) is 6.66. The van der Waals surface area contributed by atoms with E-state index >= 15 is 0 Å². The number of rotatable bonds is 6. The topological polar surface area (TPSA) is 105 Å². The van der Waals surface area contributed by atoms with Crippen molar-refractivity contribution in [1.29, 1.82) is 0 Å². The van der Waals surface area contributed by atoms with Gasteiger partial charge in [-0.05, 0) is 85.6 Å². The Hall–Kier alpha value is -3.47. The molecule has 0 bridgehead atoms. The van der Waals surface area contributed by atoms with Crippen LogP contribution in [0.25, 0.3) is 0 Å². The largest absolute Gasteiger partial charge is 0.436 e. The maximum atomic E-state index is 13.9. The number of nitrogens with zero attached hydrogens (tertiary/aromatic N) is 2. The number of carbonyl (C=O) groups is 3. The maximum Gasteiger partial charge on any atom is 0.418 e. The Balaban J connectivity index is 1.18. The molecule has 3 N–H and O–H groups in total. The van der Waals surface area contributed by atoms with Crippen molar-refractivity contribution in [3.05, 3.63) is 58.1 Å². The van der Waals surface area contributed by atoms with Crippen LogP contribution in [0, 0.1) is 17.8 Å².